The Hall–Kier alpha value is -2.92. The summed E-state index contributed by atoms with van der Waals surface area (Å²) in [6, 6.07) is 6.20. The minimum absolute atomic E-state index is 0.0195. The van der Waals surface area contributed by atoms with E-state index in [1.54, 1.807) is 0 Å². The number of ether oxygens (including phenoxy) is 1. The number of rotatable bonds is 5. The van der Waals surface area contributed by atoms with Crippen molar-refractivity contribution in [2.75, 3.05) is 7.05 Å². The fourth-order valence-electron chi connectivity index (χ4n) is 3.20. The molecule has 0 unspecified atom stereocenters. The zero-order valence-electron chi connectivity index (χ0n) is 15.8. The predicted molar refractivity (Wildman–Crippen MR) is 102 cm³/mol. The van der Waals surface area contributed by atoms with Crippen LogP contribution >= 0.6 is 0 Å². The van der Waals surface area contributed by atoms with Crippen molar-refractivity contribution in [3.8, 4) is 22.8 Å². The number of hydrogen-bond donors (Lipinski definition) is 1. The van der Waals surface area contributed by atoms with Crippen LogP contribution in [0.5, 0.6) is 11.5 Å². The van der Waals surface area contributed by atoms with Gasteiger partial charge in [-0.2, -0.15) is 13.2 Å². The molecule has 0 spiro atoms. The second-order valence-corrected chi connectivity index (χ2v) is 8.57. The summed E-state index contributed by atoms with van der Waals surface area (Å²) in [5, 5.41) is 0. The third-order valence-corrected chi connectivity index (χ3v) is 6.13. The number of sulfonamides is 1. The maximum absolute atomic E-state index is 12.7. The van der Waals surface area contributed by atoms with Crippen LogP contribution in [0, 0.1) is 0 Å². The molecule has 7 nitrogen and oxygen atoms in total. The summed E-state index contributed by atoms with van der Waals surface area (Å²) in [6.45, 7) is 0.815. The lowest BCUT2D eigenvalue weighted by Gasteiger charge is -2.13. The van der Waals surface area contributed by atoms with Crippen molar-refractivity contribution in [1.82, 2.24) is 19.3 Å². The van der Waals surface area contributed by atoms with Crippen molar-refractivity contribution in [2.45, 2.75) is 30.5 Å². The van der Waals surface area contributed by atoms with E-state index in [4.69, 9.17) is 4.74 Å². The largest absolute Gasteiger partial charge is 0.455 e. The molecule has 0 fully saturated rings. The Labute approximate surface area is 170 Å². The van der Waals surface area contributed by atoms with E-state index >= 15 is 0 Å². The smallest absolute Gasteiger partial charge is 0.433 e. The number of halogens is 3. The van der Waals surface area contributed by atoms with Gasteiger partial charge in [-0.1, -0.05) is 0 Å². The molecule has 0 amide bonds. The first kappa shape index (κ1) is 20.4. The lowest BCUT2D eigenvalue weighted by Crippen LogP contribution is -2.18. The summed E-state index contributed by atoms with van der Waals surface area (Å²) in [6.07, 6.45) is 0.0258. The minimum atomic E-state index is -4.55. The van der Waals surface area contributed by atoms with Crippen LogP contribution in [0.25, 0.3) is 11.3 Å². The zero-order valence-corrected chi connectivity index (χ0v) is 16.6. The second kappa shape index (κ2) is 7.40. The Balaban J connectivity index is 1.75. The Bertz CT molecular complexity index is 1170. The van der Waals surface area contributed by atoms with Crippen molar-refractivity contribution in [2.24, 2.45) is 0 Å². The Morgan fingerprint density at radius 1 is 1.20 bits per heavy atom. The summed E-state index contributed by atoms with van der Waals surface area (Å²) in [4.78, 5) is 7.97. The number of nitrogens with zero attached hydrogens (tertiary/aromatic N) is 3. The molecule has 0 saturated heterocycles. The molecule has 1 aliphatic heterocycles. The first-order valence-electron chi connectivity index (χ1n) is 9.02. The number of alkyl halides is 3. The molecule has 0 aliphatic carbocycles. The maximum Gasteiger partial charge on any atom is 0.433 e. The maximum atomic E-state index is 12.7. The standard InChI is InChI=1S/C19H17F3N4O3S/c1-23-30(27,28)13-5-6-16(29-12-4-7-17(24-10-12)19(20,21)22)14(9-13)15-11-26-8-2-3-18(26)25-15/h4-7,9-11,23H,2-3,8H2,1H3. The van der Waals surface area contributed by atoms with Gasteiger partial charge in [-0.3, -0.25) is 0 Å². The SMILES string of the molecule is CNS(=O)(=O)c1ccc(Oc2ccc(C(F)(F)F)nc2)c(-c2cn3c(n2)CCC3)c1. The number of benzene rings is 1. The molecule has 1 aromatic carbocycles. The van der Waals surface area contributed by atoms with Gasteiger partial charge in [0.2, 0.25) is 10.0 Å². The zero-order chi connectivity index (χ0) is 21.5. The van der Waals surface area contributed by atoms with E-state index in [1.807, 2.05) is 10.8 Å². The number of aromatic nitrogens is 3. The van der Waals surface area contributed by atoms with Crippen molar-refractivity contribution in [1.29, 1.82) is 0 Å². The van der Waals surface area contributed by atoms with Gasteiger partial charge in [0.05, 0.1) is 16.8 Å². The summed E-state index contributed by atoms with van der Waals surface area (Å²) in [7, 11) is -2.41. The van der Waals surface area contributed by atoms with Crippen LogP contribution in [0.15, 0.2) is 47.6 Å². The molecule has 1 N–H and O–H groups in total. The van der Waals surface area contributed by atoms with Gasteiger partial charge in [-0.05, 0) is 43.8 Å². The molecular weight excluding hydrogens is 421 g/mol. The van der Waals surface area contributed by atoms with Gasteiger partial charge in [0.1, 0.15) is 23.0 Å². The summed E-state index contributed by atoms with van der Waals surface area (Å²) < 4.78 is 72.6. The molecule has 0 atom stereocenters. The van der Waals surface area contributed by atoms with E-state index in [-0.39, 0.29) is 16.4 Å². The molecule has 1 aliphatic rings. The van der Waals surface area contributed by atoms with E-state index in [0.717, 1.165) is 43.5 Å². The van der Waals surface area contributed by atoms with Gasteiger partial charge in [-0.25, -0.2) is 23.1 Å². The molecule has 3 aromatic rings. The molecule has 0 bridgehead atoms. The van der Waals surface area contributed by atoms with Gasteiger partial charge in [0, 0.05) is 24.7 Å². The van der Waals surface area contributed by atoms with Crippen LogP contribution in [0.4, 0.5) is 13.2 Å². The van der Waals surface area contributed by atoms with Crippen LogP contribution in [-0.4, -0.2) is 30.0 Å². The molecule has 0 radical (unpaired) electrons. The molecule has 0 saturated carbocycles. The highest BCUT2D eigenvalue weighted by Crippen LogP contribution is 2.36. The number of imidazole rings is 1. The highest BCUT2D eigenvalue weighted by molar-refractivity contribution is 7.89. The van der Waals surface area contributed by atoms with Gasteiger partial charge < -0.3 is 9.30 Å². The predicted octanol–water partition coefficient (Wildman–Crippen LogP) is 3.61. The number of pyridine rings is 1. The normalized spacial score (nSPS) is 14.0. The van der Waals surface area contributed by atoms with E-state index in [0.29, 0.717) is 11.3 Å². The van der Waals surface area contributed by atoms with Gasteiger partial charge in [-0.15, -0.1) is 0 Å². The topological polar surface area (TPSA) is 86.1 Å². The molecule has 4 rings (SSSR count). The molecule has 3 heterocycles. The van der Waals surface area contributed by atoms with Gasteiger partial charge >= 0.3 is 6.18 Å². The summed E-state index contributed by atoms with van der Waals surface area (Å²) in [5.41, 5.74) is -0.100. The van der Waals surface area contributed by atoms with Crippen LogP contribution in [0.3, 0.4) is 0 Å². The first-order chi connectivity index (χ1) is 14.2. The highest BCUT2D eigenvalue weighted by Gasteiger charge is 2.32. The fourth-order valence-corrected chi connectivity index (χ4v) is 3.96. The Morgan fingerprint density at radius 2 is 2.00 bits per heavy atom. The molecule has 2 aromatic heterocycles. The van der Waals surface area contributed by atoms with Crippen LogP contribution in [0.2, 0.25) is 0 Å². The number of aryl methyl sites for hydroxylation is 2. The Morgan fingerprint density at radius 3 is 2.63 bits per heavy atom. The highest BCUT2D eigenvalue weighted by atomic mass is 32.2. The quantitative estimate of drug-likeness (QED) is 0.658. The van der Waals surface area contributed by atoms with Gasteiger partial charge in [0.25, 0.3) is 0 Å². The third-order valence-electron chi connectivity index (χ3n) is 4.72. The summed E-state index contributed by atoms with van der Waals surface area (Å²) in [5.74, 6) is 1.22. The van der Waals surface area contributed by atoms with Crippen LogP contribution in [0.1, 0.15) is 17.9 Å². The molecule has 11 heteroatoms. The average Bonchev–Trinajstić information content (AvgIpc) is 3.30. The van der Waals surface area contributed by atoms with Crippen LogP contribution < -0.4 is 9.46 Å². The monoisotopic (exact) mass is 438 g/mol. The number of fused-ring (bicyclic) bond motifs is 1. The van der Waals surface area contributed by atoms with Crippen LogP contribution in [-0.2, 0) is 29.2 Å². The van der Waals surface area contributed by atoms with Crippen molar-refractivity contribution in [3.05, 3.63) is 54.2 Å². The van der Waals surface area contributed by atoms with Crippen molar-refractivity contribution >= 4 is 10.0 Å². The Kier molecular flexibility index (Phi) is 5.02. The summed E-state index contributed by atoms with van der Waals surface area (Å²) >= 11 is 0. The number of hydrogen-bond acceptors (Lipinski definition) is 5. The van der Waals surface area contributed by atoms with E-state index in [1.165, 1.54) is 25.2 Å². The average molecular weight is 438 g/mol. The molecule has 30 heavy (non-hydrogen) atoms. The van der Waals surface area contributed by atoms with E-state index < -0.39 is 21.9 Å². The van der Waals surface area contributed by atoms with E-state index in [2.05, 4.69) is 14.7 Å². The fraction of sp³-hybridized carbons (Fsp3) is 0.263. The number of nitrogens with one attached hydrogen (secondary N) is 1. The third kappa shape index (κ3) is 3.90. The van der Waals surface area contributed by atoms with Crippen molar-refractivity contribution < 1.29 is 26.3 Å². The van der Waals surface area contributed by atoms with Gasteiger partial charge in [0.15, 0.2) is 0 Å². The minimum Gasteiger partial charge on any atom is -0.455 e. The lowest BCUT2D eigenvalue weighted by molar-refractivity contribution is -0.141. The lowest BCUT2D eigenvalue weighted by atomic mass is 10.1. The molecular formula is C19H17F3N4O3S. The molecule has 158 valence electrons. The van der Waals surface area contributed by atoms with E-state index in [9.17, 15) is 21.6 Å². The second-order valence-electron chi connectivity index (χ2n) is 6.68. The first-order valence-corrected chi connectivity index (χ1v) is 10.5. The van der Waals surface area contributed by atoms with Crippen molar-refractivity contribution in [3.63, 3.8) is 0 Å².